The zero-order valence-electron chi connectivity index (χ0n) is 16.4. The van der Waals surface area contributed by atoms with Crippen molar-refractivity contribution in [3.8, 4) is 0 Å². The van der Waals surface area contributed by atoms with Gasteiger partial charge in [0, 0.05) is 30.7 Å². The summed E-state index contributed by atoms with van der Waals surface area (Å²) in [7, 11) is -4.15. The smallest absolute Gasteiger partial charge is 0.266 e. The maximum Gasteiger partial charge on any atom is 0.266 e. The Morgan fingerprint density at radius 2 is 1.68 bits per heavy atom. The van der Waals surface area contributed by atoms with E-state index < -0.39 is 28.3 Å². The minimum atomic E-state index is -4.15. The Bertz CT molecular complexity index is 1190. The molecule has 0 unspecified atom stereocenters. The van der Waals surface area contributed by atoms with Crippen LogP contribution in [0.5, 0.6) is 0 Å². The van der Waals surface area contributed by atoms with Crippen molar-refractivity contribution in [1.82, 2.24) is 4.98 Å². The molecule has 1 aromatic heterocycles. The summed E-state index contributed by atoms with van der Waals surface area (Å²) in [6.45, 7) is 0.794. The molecule has 0 fully saturated rings. The van der Waals surface area contributed by atoms with Gasteiger partial charge in [0.25, 0.3) is 10.0 Å². The molecule has 0 saturated carbocycles. The fourth-order valence-electron chi connectivity index (χ4n) is 2.76. The van der Waals surface area contributed by atoms with Crippen LogP contribution >= 0.6 is 0 Å². The third-order valence-electron chi connectivity index (χ3n) is 4.09. The van der Waals surface area contributed by atoms with Gasteiger partial charge in [-0.3, -0.25) is 18.9 Å². The molecule has 160 valence electrons. The number of amides is 2. The highest BCUT2D eigenvalue weighted by molar-refractivity contribution is 7.92. The van der Waals surface area contributed by atoms with Gasteiger partial charge in [0.2, 0.25) is 11.8 Å². The molecule has 1 heterocycles. The maximum atomic E-state index is 13.4. The molecule has 0 atom stereocenters. The Hall–Kier alpha value is -3.79. The minimum absolute atomic E-state index is 0.111. The highest BCUT2D eigenvalue weighted by atomic mass is 32.2. The van der Waals surface area contributed by atoms with Gasteiger partial charge in [-0.05, 0) is 54.6 Å². The van der Waals surface area contributed by atoms with Crippen LogP contribution in [-0.2, 0) is 19.6 Å². The molecule has 0 aliphatic carbocycles. The number of aromatic nitrogens is 1. The standard InChI is InChI=1S/C21H19FN4O4S/c1-15(27)24-17-4-2-5-18(12-17)25-21(28)14-26(19-9-7-16(22)8-10-19)31(29,30)20-6-3-11-23-13-20/h2-13H,14H2,1H3,(H,24,27)(H,25,28). The molecule has 0 bridgehead atoms. The number of nitrogens with one attached hydrogen (secondary N) is 2. The molecular weight excluding hydrogens is 423 g/mol. The molecule has 0 aliphatic rings. The SMILES string of the molecule is CC(=O)Nc1cccc(NC(=O)CN(c2ccc(F)cc2)S(=O)(=O)c2cccnc2)c1. The summed E-state index contributed by atoms with van der Waals surface area (Å²) in [4.78, 5) is 27.6. The quantitative estimate of drug-likeness (QED) is 0.585. The first-order valence-corrected chi connectivity index (χ1v) is 10.6. The van der Waals surface area contributed by atoms with Crippen molar-refractivity contribution < 1.29 is 22.4 Å². The van der Waals surface area contributed by atoms with E-state index in [-0.39, 0.29) is 16.5 Å². The third-order valence-corrected chi connectivity index (χ3v) is 5.85. The molecule has 2 aromatic carbocycles. The number of hydrogen-bond donors (Lipinski definition) is 2. The third kappa shape index (κ3) is 5.64. The number of rotatable bonds is 7. The van der Waals surface area contributed by atoms with E-state index in [0.717, 1.165) is 16.4 Å². The fraction of sp³-hybridized carbons (Fsp3) is 0.0952. The average Bonchev–Trinajstić information content (AvgIpc) is 2.73. The first-order valence-electron chi connectivity index (χ1n) is 9.11. The lowest BCUT2D eigenvalue weighted by Crippen LogP contribution is -2.38. The van der Waals surface area contributed by atoms with Crippen LogP contribution in [0.4, 0.5) is 21.5 Å². The Labute approximate surface area is 178 Å². The molecule has 2 amide bonds. The summed E-state index contributed by atoms with van der Waals surface area (Å²) >= 11 is 0. The van der Waals surface area contributed by atoms with Gasteiger partial charge >= 0.3 is 0 Å². The number of nitrogens with zero attached hydrogens (tertiary/aromatic N) is 2. The highest BCUT2D eigenvalue weighted by Gasteiger charge is 2.27. The van der Waals surface area contributed by atoms with Gasteiger partial charge in [-0.2, -0.15) is 0 Å². The number of carbonyl (C=O) groups is 2. The van der Waals surface area contributed by atoms with Crippen LogP contribution in [0, 0.1) is 5.82 Å². The van der Waals surface area contributed by atoms with Crippen molar-refractivity contribution in [2.45, 2.75) is 11.8 Å². The van der Waals surface area contributed by atoms with Crippen molar-refractivity contribution in [2.24, 2.45) is 0 Å². The van der Waals surface area contributed by atoms with Crippen LogP contribution in [0.15, 0.2) is 78.0 Å². The molecule has 31 heavy (non-hydrogen) atoms. The van der Waals surface area contributed by atoms with Crippen LogP contribution in [0.1, 0.15) is 6.92 Å². The summed E-state index contributed by atoms with van der Waals surface area (Å²) in [6.07, 6.45) is 2.59. The van der Waals surface area contributed by atoms with E-state index in [9.17, 15) is 22.4 Å². The molecule has 0 radical (unpaired) electrons. The maximum absolute atomic E-state index is 13.4. The Morgan fingerprint density at radius 3 is 2.29 bits per heavy atom. The molecule has 0 saturated heterocycles. The second kappa shape index (κ2) is 9.35. The van der Waals surface area contributed by atoms with Gasteiger partial charge in [0.1, 0.15) is 17.3 Å². The molecule has 2 N–H and O–H groups in total. The summed E-state index contributed by atoms with van der Waals surface area (Å²) in [5.41, 5.74) is 0.963. The summed E-state index contributed by atoms with van der Waals surface area (Å²) < 4.78 is 40.5. The van der Waals surface area contributed by atoms with E-state index in [1.54, 1.807) is 18.2 Å². The Balaban J connectivity index is 1.88. The average molecular weight is 442 g/mol. The second-order valence-corrected chi connectivity index (χ2v) is 8.35. The van der Waals surface area contributed by atoms with Crippen molar-refractivity contribution in [3.05, 3.63) is 78.9 Å². The topological polar surface area (TPSA) is 108 Å². The van der Waals surface area contributed by atoms with Crippen LogP contribution in [-0.4, -0.2) is 31.8 Å². The molecular formula is C21H19FN4O4S. The molecule has 8 nitrogen and oxygen atoms in total. The van der Waals surface area contributed by atoms with Crippen LogP contribution in [0.25, 0.3) is 0 Å². The lowest BCUT2D eigenvalue weighted by Gasteiger charge is -2.24. The van der Waals surface area contributed by atoms with Gasteiger partial charge < -0.3 is 10.6 Å². The zero-order valence-corrected chi connectivity index (χ0v) is 17.3. The van der Waals surface area contributed by atoms with Crippen LogP contribution in [0.3, 0.4) is 0 Å². The molecule has 0 spiro atoms. The summed E-state index contributed by atoms with van der Waals surface area (Å²) in [5.74, 6) is -1.44. The number of pyridine rings is 1. The van der Waals surface area contributed by atoms with E-state index >= 15 is 0 Å². The molecule has 10 heteroatoms. The van der Waals surface area contributed by atoms with Crippen molar-refractivity contribution >= 4 is 38.9 Å². The number of benzene rings is 2. The Morgan fingerprint density at radius 1 is 1.00 bits per heavy atom. The molecule has 3 rings (SSSR count). The first-order chi connectivity index (χ1) is 14.8. The number of anilines is 3. The number of sulfonamides is 1. The number of hydrogen-bond acceptors (Lipinski definition) is 5. The van der Waals surface area contributed by atoms with Crippen molar-refractivity contribution in [2.75, 3.05) is 21.5 Å². The summed E-state index contributed by atoms with van der Waals surface area (Å²) in [6, 6.07) is 14.0. The van der Waals surface area contributed by atoms with Crippen LogP contribution in [0.2, 0.25) is 0 Å². The van der Waals surface area contributed by atoms with E-state index in [1.165, 1.54) is 49.6 Å². The molecule has 3 aromatic rings. The van der Waals surface area contributed by atoms with Gasteiger partial charge in [-0.15, -0.1) is 0 Å². The number of carbonyl (C=O) groups excluding carboxylic acids is 2. The van der Waals surface area contributed by atoms with Gasteiger partial charge in [-0.1, -0.05) is 6.07 Å². The lowest BCUT2D eigenvalue weighted by molar-refractivity contribution is -0.115. The fourth-order valence-corrected chi connectivity index (χ4v) is 4.14. The lowest BCUT2D eigenvalue weighted by atomic mass is 10.2. The largest absolute Gasteiger partial charge is 0.326 e. The monoisotopic (exact) mass is 442 g/mol. The minimum Gasteiger partial charge on any atom is -0.326 e. The van der Waals surface area contributed by atoms with E-state index in [2.05, 4.69) is 15.6 Å². The van der Waals surface area contributed by atoms with E-state index in [0.29, 0.717) is 11.4 Å². The van der Waals surface area contributed by atoms with Crippen LogP contribution < -0.4 is 14.9 Å². The van der Waals surface area contributed by atoms with Crippen molar-refractivity contribution in [3.63, 3.8) is 0 Å². The van der Waals surface area contributed by atoms with Gasteiger partial charge in [0.05, 0.1) is 5.69 Å². The first kappa shape index (κ1) is 21.9. The van der Waals surface area contributed by atoms with Gasteiger partial charge in [-0.25, -0.2) is 12.8 Å². The van der Waals surface area contributed by atoms with Crippen molar-refractivity contribution in [1.29, 1.82) is 0 Å². The number of halogens is 1. The predicted molar refractivity (Wildman–Crippen MR) is 115 cm³/mol. The Kier molecular flexibility index (Phi) is 6.61. The normalized spacial score (nSPS) is 10.9. The second-order valence-electron chi connectivity index (χ2n) is 6.49. The van der Waals surface area contributed by atoms with Gasteiger partial charge in [0.15, 0.2) is 0 Å². The van der Waals surface area contributed by atoms with E-state index in [4.69, 9.17) is 0 Å². The highest BCUT2D eigenvalue weighted by Crippen LogP contribution is 2.24. The van der Waals surface area contributed by atoms with E-state index in [1.807, 2.05) is 0 Å². The summed E-state index contributed by atoms with van der Waals surface area (Å²) in [5, 5.41) is 5.20. The zero-order chi connectivity index (χ0) is 22.4. The predicted octanol–water partition coefficient (Wildman–Crippen LogP) is 3.01. The molecule has 0 aliphatic heterocycles.